The number of pyridine rings is 1. The normalized spacial score (nSPS) is 20.0. The second-order valence-electron chi connectivity index (χ2n) is 6.23. The monoisotopic (exact) mass is 343 g/mol. The zero-order valence-corrected chi connectivity index (χ0v) is 14.0. The summed E-state index contributed by atoms with van der Waals surface area (Å²) in [6.07, 6.45) is 3.30. The highest BCUT2D eigenvalue weighted by Crippen LogP contribution is 2.28. The number of amides is 2. The second kappa shape index (κ2) is 7.38. The number of hydrogen-bond donors (Lipinski definition) is 3. The molecule has 1 aromatic heterocycles. The molecule has 1 saturated carbocycles. The van der Waals surface area contributed by atoms with Gasteiger partial charge in [-0.15, -0.1) is 0 Å². The van der Waals surface area contributed by atoms with Crippen molar-refractivity contribution in [1.82, 2.24) is 10.3 Å². The molecule has 1 aliphatic carbocycles. The van der Waals surface area contributed by atoms with E-state index in [0.717, 1.165) is 10.8 Å². The maximum atomic E-state index is 12.6. The summed E-state index contributed by atoms with van der Waals surface area (Å²) in [4.78, 5) is 27.6. The van der Waals surface area contributed by atoms with Crippen molar-refractivity contribution in [2.75, 3.05) is 12.4 Å². The number of nitrogens with zero attached hydrogens (tertiary/aromatic N) is 1. The maximum absolute atomic E-state index is 12.6. The molecule has 132 valence electrons. The first-order chi connectivity index (χ1) is 12.1. The van der Waals surface area contributed by atoms with E-state index in [1.54, 1.807) is 13.3 Å². The lowest BCUT2D eigenvalue weighted by Gasteiger charge is -2.27. The van der Waals surface area contributed by atoms with Crippen molar-refractivity contribution < 1.29 is 19.4 Å². The van der Waals surface area contributed by atoms with Gasteiger partial charge in [-0.3, -0.25) is 4.79 Å². The van der Waals surface area contributed by atoms with Crippen molar-refractivity contribution in [2.45, 2.75) is 31.7 Å². The van der Waals surface area contributed by atoms with Crippen molar-refractivity contribution in [2.24, 2.45) is 5.92 Å². The van der Waals surface area contributed by atoms with Crippen LogP contribution in [0.3, 0.4) is 0 Å². The van der Waals surface area contributed by atoms with Crippen LogP contribution in [0.1, 0.15) is 25.7 Å². The van der Waals surface area contributed by atoms with Crippen LogP contribution in [-0.2, 0) is 4.79 Å². The van der Waals surface area contributed by atoms with E-state index >= 15 is 0 Å². The van der Waals surface area contributed by atoms with Crippen LogP contribution in [0.5, 0.6) is 5.75 Å². The topological polar surface area (TPSA) is 101 Å². The smallest absolute Gasteiger partial charge is 0.404 e. The Labute approximate surface area is 145 Å². The molecule has 1 aromatic carbocycles. The number of carbonyl (C=O) groups is 2. The Morgan fingerprint density at radius 1 is 1.20 bits per heavy atom. The number of methoxy groups -OCH3 is 1. The molecule has 0 aliphatic heterocycles. The molecule has 0 spiro atoms. The Morgan fingerprint density at radius 2 is 1.96 bits per heavy atom. The minimum atomic E-state index is -1.01. The summed E-state index contributed by atoms with van der Waals surface area (Å²) in [5.41, 5.74) is 0. The highest BCUT2D eigenvalue weighted by molar-refractivity contribution is 6.01. The molecule has 25 heavy (non-hydrogen) atoms. The van der Waals surface area contributed by atoms with Crippen LogP contribution in [0.4, 0.5) is 10.6 Å². The van der Waals surface area contributed by atoms with E-state index in [1.165, 1.54) is 0 Å². The molecule has 0 saturated heterocycles. The number of ether oxygens (including phenoxy) is 1. The number of carbonyl (C=O) groups excluding carboxylic acids is 1. The van der Waals surface area contributed by atoms with E-state index in [-0.39, 0.29) is 17.9 Å². The first-order valence-corrected chi connectivity index (χ1v) is 8.30. The molecular formula is C18H21N3O4. The fourth-order valence-electron chi connectivity index (χ4n) is 3.27. The molecule has 1 fully saturated rings. The molecular weight excluding hydrogens is 322 g/mol. The highest BCUT2D eigenvalue weighted by atomic mass is 16.5. The van der Waals surface area contributed by atoms with E-state index in [1.807, 2.05) is 24.3 Å². The second-order valence-corrected chi connectivity index (χ2v) is 6.23. The summed E-state index contributed by atoms with van der Waals surface area (Å²) in [7, 11) is 1.60. The number of anilines is 1. The average molecular weight is 343 g/mol. The van der Waals surface area contributed by atoms with Crippen molar-refractivity contribution in [3.63, 3.8) is 0 Å². The first-order valence-electron chi connectivity index (χ1n) is 8.30. The molecule has 7 heteroatoms. The predicted octanol–water partition coefficient (Wildman–Crippen LogP) is 3.01. The van der Waals surface area contributed by atoms with Crippen molar-refractivity contribution >= 4 is 28.6 Å². The molecule has 2 aromatic rings. The fraction of sp³-hybridized carbons (Fsp3) is 0.389. The van der Waals surface area contributed by atoms with Gasteiger partial charge in [0.05, 0.1) is 7.11 Å². The number of carboxylic acid groups (broad SMARTS) is 1. The lowest BCUT2D eigenvalue weighted by atomic mass is 9.85. The quantitative estimate of drug-likeness (QED) is 0.792. The lowest BCUT2D eigenvalue weighted by Crippen LogP contribution is -2.38. The van der Waals surface area contributed by atoms with Crippen molar-refractivity contribution in [3.05, 3.63) is 30.5 Å². The Morgan fingerprint density at radius 3 is 2.64 bits per heavy atom. The Balaban J connectivity index is 1.69. The summed E-state index contributed by atoms with van der Waals surface area (Å²) in [6, 6.07) is 7.46. The minimum Gasteiger partial charge on any atom is -0.497 e. The largest absolute Gasteiger partial charge is 0.497 e. The van der Waals surface area contributed by atoms with Gasteiger partial charge in [-0.05, 0) is 49.3 Å². The van der Waals surface area contributed by atoms with Gasteiger partial charge in [0.15, 0.2) is 0 Å². The van der Waals surface area contributed by atoms with Crippen LogP contribution in [-0.4, -0.2) is 35.2 Å². The summed E-state index contributed by atoms with van der Waals surface area (Å²) in [5.74, 6) is 1.02. The number of nitrogens with one attached hydrogen (secondary N) is 2. The van der Waals surface area contributed by atoms with Crippen LogP contribution < -0.4 is 15.4 Å². The third-order valence-corrected chi connectivity index (χ3v) is 4.64. The van der Waals surface area contributed by atoms with Gasteiger partial charge in [0.25, 0.3) is 0 Å². The molecule has 1 aliphatic rings. The molecule has 3 N–H and O–H groups in total. The summed E-state index contributed by atoms with van der Waals surface area (Å²) >= 11 is 0. The number of aromatic nitrogens is 1. The molecule has 0 atom stereocenters. The Kier molecular flexibility index (Phi) is 5.02. The first kappa shape index (κ1) is 17.0. The summed E-state index contributed by atoms with van der Waals surface area (Å²) in [6.45, 7) is 0. The van der Waals surface area contributed by atoms with Crippen LogP contribution in [0.25, 0.3) is 10.8 Å². The van der Waals surface area contributed by atoms with Gasteiger partial charge in [-0.1, -0.05) is 6.07 Å². The number of hydrogen-bond acceptors (Lipinski definition) is 4. The number of fused-ring (bicyclic) bond motifs is 1. The van der Waals surface area contributed by atoms with E-state index in [2.05, 4.69) is 15.6 Å². The zero-order valence-electron chi connectivity index (χ0n) is 14.0. The van der Waals surface area contributed by atoms with Gasteiger partial charge in [-0.25, -0.2) is 9.78 Å². The molecule has 1 heterocycles. The van der Waals surface area contributed by atoms with Gasteiger partial charge in [0, 0.05) is 23.5 Å². The number of benzene rings is 1. The van der Waals surface area contributed by atoms with E-state index in [4.69, 9.17) is 9.84 Å². The van der Waals surface area contributed by atoms with Gasteiger partial charge < -0.3 is 20.5 Å². The van der Waals surface area contributed by atoms with Crippen molar-refractivity contribution in [1.29, 1.82) is 0 Å². The van der Waals surface area contributed by atoms with Gasteiger partial charge in [0.1, 0.15) is 11.6 Å². The standard InChI is InChI=1S/C18H21N3O4/c1-25-14-7-4-11-8-9-19-16(15(11)10-14)21-17(22)12-2-5-13(6-3-12)20-18(23)24/h4,7-10,12-13,20H,2-3,5-6H2,1H3,(H,23,24)(H,19,21,22). The van der Waals surface area contributed by atoms with Gasteiger partial charge >= 0.3 is 6.09 Å². The predicted molar refractivity (Wildman–Crippen MR) is 93.8 cm³/mol. The lowest BCUT2D eigenvalue weighted by molar-refractivity contribution is -0.120. The highest BCUT2D eigenvalue weighted by Gasteiger charge is 2.27. The fourth-order valence-corrected chi connectivity index (χ4v) is 3.27. The third kappa shape index (κ3) is 3.99. The minimum absolute atomic E-state index is 0.0681. The summed E-state index contributed by atoms with van der Waals surface area (Å²) in [5, 5.41) is 16.0. The maximum Gasteiger partial charge on any atom is 0.404 e. The Hall–Kier alpha value is -2.83. The van der Waals surface area contributed by atoms with Crippen LogP contribution in [0.2, 0.25) is 0 Å². The molecule has 3 rings (SSSR count). The molecule has 0 unspecified atom stereocenters. The summed E-state index contributed by atoms with van der Waals surface area (Å²) < 4.78 is 5.25. The molecule has 2 amide bonds. The van der Waals surface area contributed by atoms with Gasteiger partial charge in [0.2, 0.25) is 5.91 Å². The van der Waals surface area contributed by atoms with Crippen LogP contribution in [0, 0.1) is 5.92 Å². The number of rotatable bonds is 4. The van der Waals surface area contributed by atoms with E-state index in [9.17, 15) is 9.59 Å². The molecule has 0 radical (unpaired) electrons. The van der Waals surface area contributed by atoms with Crippen molar-refractivity contribution in [3.8, 4) is 5.75 Å². The average Bonchev–Trinajstić information content (AvgIpc) is 2.61. The Bertz CT molecular complexity index is 785. The van der Waals surface area contributed by atoms with E-state index in [0.29, 0.717) is 37.3 Å². The van der Waals surface area contributed by atoms with Crippen LogP contribution >= 0.6 is 0 Å². The van der Waals surface area contributed by atoms with Gasteiger partial charge in [-0.2, -0.15) is 0 Å². The SMILES string of the molecule is COc1ccc2ccnc(NC(=O)C3CCC(NC(=O)O)CC3)c2c1. The third-order valence-electron chi connectivity index (χ3n) is 4.64. The molecule has 0 bridgehead atoms. The zero-order chi connectivity index (χ0) is 17.8. The van der Waals surface area contributed by atoms with Crippen LogP contribution in [0.15, 0.2) is 30.5 Å². The molecule has 7 nitrogen and oxygen atoms in total. The van der Waals surface area contributed by atoms with E-state index < -0.39 is 6.09 Å².